The smallest absolute Gasteiger partial charge is 0.130 e. The molecule has 0 bridgehead atoms. The van der Waals surface area contributed by atoms with Gasteiger partial charge < -0.3 is 5.40 Å². The maximum absolute atomic E-state index is 5.84. The second-order valence-corrected chi connectivity index (χ2v) is 12.4. The van der Waals surface area contributed by atoms with Crippen LogP contribution >= 0.6 is 0 Å². The highest BCUT2D eigenvalue weighted by molar-refractivity contribution is 7.26. The molecule has 0 saturated carbocycles. The van der Waals surface area contributed by atoms with Gasteiger partial charge in [-0.15, -0.1) is 18.9 Å². The summed E-state index contributed by atoms with van der Waals surface area (Å²) in [6.45, 7) is 9.46. The molecule has 0 heterocycles. The molecule has 0 amide bonds. The van der Waals surface area contributed by atoms with E-state index >= 15 is 0 Å². The number of hydrogen-bond acceptors (Lipinski definition) is 1. The van der Waals surface area contributed by atoms with Crippen molar-refractivity contribution in [1.29, 1.82) is 0 Å². The average molecular weight is 143 g/mol. The molecule has 1 unspecified atom stereocenters. The molecule has 0 spiro atoms. The normalized spacial score (nSPS) is 18.2. The molecule has 0 fully saturated rings. The Morgan fingerprint density at radius 2 is 2.12 bits per heavy atom. The third-order valence-corrected chi connectivity index (χ3v) is 7.52. The van der Waals surface area contributed by atoms with E-state index < -0.39 is 7.75 Å². The van der Waals surface area contributed by atoms with Crippen molar-refractivity contribution < 1.29 is 0 Å². The Kier molecular flexibility index (Phi) is 2.96. The third-order valence-electron chi connectivity index (χ3n) is 1.05. The first kappa shape index (κ1) is 7.87. The van der Waals surface area contributed by atoms with E-state index in [0.717, 1.165) is 0 Å². The van der Waals surface area contributed by atoms with Crippen molar-refractivity contribution in [2.75, 3.05) is 0 Å². The molecular formula is C5H13NSi2. The molecule has 0 aromatic heterocycles. The van der Waals surface area contributed by atoms with Gasteiger partial charge in [0.15, 0.2) is 0 Å². The fourth-order valence-electron chi connectivity index (χ4n) is 0.394. The van der Waals surface area contributed by atoms with E-state index in [2.05, 4.69) is 19.7 Å². The van der Waals surface area contributed by atoms with Gasteiger partial charge in [-0.25, -0.2) is 0 Å². The summed E-state index contributed by atoms with van der Waals surface area (Å²) in [6.07, 6.45) is 0. The summed E-state index contributed by atoms with van der Waals surface area (Å²) in [6, 6.07) is 0. The molecule has 46 valence electrons. The molecule has 0 aromatic rings. The van der Waals surface area contributed by atoms with E-state index in [0.29, 0.717) is 0 Å². The largest absolute Gasteiger partial charge is 0.350 e. The molecule has 8 heavy (non-hydrogen) atoms. The molecule has 0 aliphatic heterocycles. The minimum absolute atomic E-state index is 0.188. The zero-order valence-electron chi connectivity index (χ0n) is 5.35. The van der Waals surface area contributed by atoms with Gasteiger partial charge in [0, 0.05) is 0 Å². The van der Waals surface area contributed by atoms with Crippen LogP contribution in [0.5, 0.6) is 0 Å². The number of nitrogens with two attached hydrogens (primary N) is 1. The maximum atomic E-state index is 5.84. The number of rotatable bonds is 3. The summed E-state index contributed by atoms with van der Waals surface area (Å²) in [7, 11) is -1.58. The van der Waals surface area contributed by atoms with Gasteiger partial charge in [0.2, 0.25) is 0 Å². The summed E-state index contributed by atoms with van der Waals surface area (Å²) in [5.74, 6) is 0. The molecule has 2 N–H and O–H groups in total. The minimum atomic E-state index is -1.39. The molecule has 3 heteroatoms. The fourth-order valence-corrected chi connectivity index (χ4v) is 3.55. The molecule has 0 aliphatic carbocycles. The maximum Gasteiger partial charge on any atom is 0.130 e. The fraction of sp³-hybridized carbons (Fsp3) is 0.200. The van der Waals surface area contributed by atoms with Crippen molar-refractivity contribution in [2.45, 2.75) is 6.55 Å². The number of hydrogen-bond donors (Lipinski definition) is 1. The van der Waals surface area contributed by atoms with Crippen LogP contribution in [0.1, 0.15) is 0 Å². The lowest BCUT2D eigenvalue weighted by Gasteiger charge is -2.11. The van der Waals surface area contributed by atoms with Crippen molar-refractivity contribution >= 4 is 16.8 Å². The van der Waals surface area contributed by atoms with Gasteiger partial charge in [-0.3, -0.25) is 0 Å². The summed E-state index contributed by atoms with van der Waals surface area (Å²) in [5.41, 5.74) is 3.93. The van der Waals surface area contributed by atoms with Gasteiger partial charge in [0.25, 0.3) is 0 Å². The summed E-state index contributed by atoms with van der Waals surface area (Å²) in [5, 5.41) is 5.84. The van der Waals surface area contributed by atoms with Crippen molar-refractivity contribution in [3.63, 3.8) is 0 Å². The summed E-state index contributed by atoms with van der Waals surface area (Å²) >= 11 is 0. The van der Waals surface area contributed by atoms with Gasteiger partial charge >= 0.3 is 0 Å². The second kappa shape index (κ2) is 3.01. The third kappa shape index (κ3) is 2.95. The van der Waals surface area contributed by atoms with Gasteiger partial charge in [-0.1, -0.05) is 12.2 Å². The van der Waals surface area contributed by atoms with Crippen molar-refractivity contribution in [1.82, 2.24) is 0 Å². The Hall–Kier alpha value is -0.126. The van der Waals surface area contributed by atoms with Gasteiger partial charge in [0.05, 0.1) is 9.04 Å². The van der Waals surface area contributed by atoms with Crippen LogP contribution in [0.15, 0.2) is 24.6 Å². The van der Waals surface area contributed by atoms with Crippen LogP contribution in [0.4, 0.5) is 0 Å². The first-order chi connectivity index (χ1) is 3.62. The van der Waals surface area contributed by atoms with E-state index in [4.69, 9.17) is 5.40 Å². The van der Waals surface area contributed by atoms with E-state index in [9.17, 15) is 0 Å². The van der Waals surface area contributed by atoms with Crippen LogP contribution in [0, 0.1) is 0 Å². The van der Waals surface area contributed by atoms with Crippen molar-refractivity contribution in [2.24, 2.45) is 5.40 Å². The first-order valence-electron chi connectivity index (χ1n) is 2.66. The van der Waals surface area contributed by atoms with E-state index in [1.54, 1.807) is 0 Å². The Labute approximate surface area is 54.0 Å². The Bertz CT molecular complexity index is 98.6. The standard InChI is InChI=1S/C5H13NSi2/c1-4-7-8(3,6)5-2/h4-5H,1-2,6-7H2,3H3. The molecule has 0 saturated heterocycles. The zero-order chi connectivity index (χ0) is 6.62. The van der Waals surface area contributed by atoms with Crippen LogP contribution in [0.2, 0.25) is 6.55 Å². The lowest BCUT2D eigenvalue weighted by Crippen LogP contribution is -2.46. The quantitative estimate of drug-likeness (QED) is 0.555. The predicted molar refractivity (Wildman–Crippen MR) is 44.7 cm³/mol. The van der Waals surface area contributed by atoms with Crippen LogP contribution in [0.3, 0.4) is 0 Å². The van der Waals surface area contributed by atoms with E-state index in [1.165, 1.54) is 0 Å². The average Bonchev–Trinajstić information content (AvgIpc) is 1.67. The first-order valence-corrected chi connectivity index (χ1v) is 8.46. The molecule has 0 aliphatic rings. The molecule has 0 rings (SSSR count). The van der Waals surface area contributed by atoms with Crippen LogP contribution in [0.25, 0.3) is 0 Å². The molecule has 1 atom stereocenters. The molecule has 0 radical (unpaired) electrons. The van der Waals surface area contributed by atoms with Gasteiger partial charge in [-0.05, 0) is 0 Å². The van der Waals surface area contributed by atoms with E-state index in [1.807, 2.05) is 11.4 Å². The lowest BCUT2D eigenvalue weighted by atomic mass is 11.3. The minimum Gasteiger partial charge on any atom is -0.350 e. The molecule has 1 nitrogen and oxygen atoms in total. The van der Waals surface area contributed by atoms with Gasteiger partial charge in [0.1, 0.15) is 7.75 Å². The Balaban J connectivity index is 3.70. The van der Waals surface area contributed by atoms with Crippen molar-refractivity contribution in [3.8, 4) is 0 Å². The van der Waals surface area contributed by atoms with E-state index in [-0.39, 0.29) is 9.04 Å². The Morgan fingerprint density at radius 3 is 2.25 bits per heavy atom. The SMILES string of the molecule is C=C[SiH2][Si](C)(N)C=C. The van der Waals surface area contributed by atoms with Crippen LogP contribution in [-0.2, 0) is 0 Å². The summed E-state index contributed by atoms with van der Waals surface area (Å²) < 4.78 is 0. The highest BCUT2D eigenvalue weighted by atomic mass is 29.2. The summed E-state index contributed by atoms with van der Waals surface area (Å²) in [4.78, 5) is 0. The highest BCUT2D eigenvalue weighted by Crippen LogP contribution is 1.89. The van der Waals surface area contributed by atoms with Crippen LogP contribution < -0.4 is 5.40 Å². The topological polar surface area (TPSA) is 26.0 Å². The molecule has 0 aromatic carbocycles. The predicted octanol–water partition coefficient (Wildman–Crippen LogP) is 0.0546. The zero-order valence-corrected chi connectivity index (χ0v) is 7.77. The highest BCUT2D eigenvalue weighted by Gasteiger charge is 2.13. The van der Waals surface area contributed by atoms with Gasteiger partial charge in [-0.2, -0.15) is 0 Å². The monoisotopic (exact) mass is 143 g/mol. The Morgan fingerprint density at radius 1 is 1.62 bits per heavy atom. The second-order valence-electron chi connectivity index (χ2n) is 2.20. The van der Waals surface area contributed by atoms with Crippen molar-refractivity contribution in [3.05, 3.63) is 24.6 Å². The lowest BCUT2D eigenvalue weighted by molar-refractivity contribution is 1.75. The molecular weight excluding hydrogens is 130 g/mol. The van der Waals surface area contributed by atoms with Crippen LogP contribution in [-0.4, -0.2) is 16.8 Å².